The van der Waals surface area contributed by atoms with E-state index in [9.17, 15) is 9.59 Å². The van der Waals surface area contributed by atoms with E-state index in [1.807, 2.05) is 0 Å². The Morgan fingerprint density at radius 1 is 1.06 bits per heavy atom. The molecule has 1 fully saturated rings. The van der Waals surface area contributed by atoms with E-state index in [0.29, 0.717) is 0 Å². The molecular weight excluding hydrogens is 235 g/mol. The third-order valence-corrected chi connectivity index (χ3v) is 2.44. The van der Waals surface area contributed by atoms with Gasteiger partial charge in [-0.05, 0) is 0 Å². The molecule has 0 aromatic heterocycles. The van der Waals surface area contributed by atoms with Crippen molar-refractivity contribution in [3.05, 3.63) is 6.92 Å². The van der Waals surface area contributed by atoms with Crippen LogP contribution in [-0.2, 0) is 9.59 Å². The summed E-state index contributed by atoms with van der Waals surface area (Å²) in [7, 11) is 0. The second-order valence-corrected chi connectivity index (χ2v) is 3.76. The molecule has 4 nitrogen and oxygen atoms in total. The molecule has 1 aliphatic carbocycles. The zero-order chi connectivity index (χ0) is 11.7. The molecule has 0 bridgehead atoms. The van der Waals surface area contributed by atoms with Gasteiger partial charge < -0.3 is 17.1 Å². The van der Waals surface area contributed by atoms with E-state index in [-0.39, 0.29) is 51.4 Å². The zero-order valence-corrected chi connectivity index (χ0v) is 13.1. The summed E-state index contributed by atoms with van der Waals surface area (Å²) >= 11 is 0. The van der Waals surface area contributed by atoms with Crippen molar-refractivity contribution in [1.29, 1.82) is 0 Å². The Hall–Kier alpha value is 0.576. The molecular formula is C11H19KO4. The summed E-state index contributed by atoms with van der Waals surface area (Å²) in [6.45, 7) is 3.91. The number of carboxylic acids is 2. The predicted molar refractivity (Wildman–Crippen MR) is 56.4 cm³/mol. The molecule has 0 aromatic rings. The van der Waals surface area contributed by atoms with E-state index in [0.717, 1.165) is 5.92 Å². The van der Waals surface area contributed by atoms with Gasteiger partial charge >= 0.3 is 63.3 Å². The van der Waals surface area contributed by atoms with Crippen molar-refractivity contribution in [2.45, 2.75) is 44.9 Å². The van der Waals surface area contributed by atoms with Gasteiger partial charge in [-0.15, -0.1) is 0 Å². The normalized spacial score (nSPS) is 15.3. The summed E-state index contributed by atoms with van der Waals surface area (Å²) < 4.78 is 0. The van der Waals surface area contributed by atoms with E-state index in [2.05, 4.69) is 6.92 Å². The third-order valence-electron chi connectivity index (χ3n) is 2.44. The summed E-state index contributed by atoms with van der Waals surface area (Å²) in [6, 6.07) is 0. The fourth-order valence-corrected chi connectivity index (χ4v) is 1.61. The van der Waals surface area contributed by atoms with Gasteiger partial charge in [-0.25, -0.2) is 0 Å². The molecule has 1 saturated carbocycles. The SMILES string of the molecule is O=C(O)CC(=O)O.[CH2-]CC1CCCCC1.[K+]. The molecule has 16 heavy (non-hydrogen) atoms. The summed E-state index contributed by atoms with van der Waals surface area (Å²) in [4.78, 5) is 18.9. The second kappa shape index (κ2) is 12.0. The van der Waals surface area contributed by atoms with Gasteiger partial charge in [0.2, 0.25) is 0 Å². The van der Waals surface area contributed by atoms with Crippen molar-refractivity contribution >= 4 is 11.9 Å². The van der Waals surface area contributed by atoms with Crippen LogP contribution in [0, 0.1) is 12.8 Å². The second-order valence-electron chi connectivity index (χ2n) is 3.76. The van der Waals surface area contributed by atoms with Gasteiger partial charge in [0.15, 0.2) is 0 Å². The number of rotatable bonds is 3. The summed E-state index contributed by atoms with van der Waals surface area (Å²) in [5.74, 6) is -1.65. The van der Waals surface area contributed by atoms with Crippen LogP contribution in [-0.4, -0.2) is 22.2 Å². The molecule has 0 atom stereocenters. The third kappa shape index (κ3) is 12.6. The summed E-state index contributed by atoms with van der Waals surface area (Å²) in [5.41, 5.74) is 0. The van der Waals surface area contributed by atoms with E-state index < -0.39 is 18.4 Å². The number of hydrogen-bond acceptors (Lipinski definition) is 2. The Morgan fingerprint density at radius 2 is 1.50 bits per heavy atom. The van der Waals surface area contributed by atoms with Crippen molar-refractivity contribution < 1.29 is 71.2 Å². The van der Waals surface area contributed by atoms with Crippen LogP contribution in [0.15, 0.2) is 0 Å². The van der Waals surface area contributed by atoms with Gasteiger partial charge in [0.1, 0.15) is 6.42 Å². The van der Waals surface area contributed by atoms with E-state index in [1.165, 1.54) is 38.5 Å². The summed E-state index contributed by atoms with van der Waals surface area (Å²) in [5, 5.41) is 15.4. The first kappa shape index (κ1) is 18.9. The topological polar surface area (TPSA) is 74.6 Å². The molecule has 0 unspecified atom stereocenters. The van der Waals surface area contributed by atoms with E-state index in [1.54, 1.807) is 0 Å². The van der Waals surface area contributed by atoms with Crippen molar-refractivity contribution in [2.24, 2.45) is 5.92 Å². The average molecular weight is 254 g/mol. The number of hydrogen-bond donors (Lipinski definition) is 2. The molecule has 88 valence electrons. The van der Waals surface area contributed by atoms with Gasteiger partial charge in [-0.3, -0.25) is 9.59 Å². The monoisotopic (exact) mass is 254 g/mol. The molecule has 1 aliphatic rings. The molecule has 0 spiro atoms. The van der Waals surface area contributed by atoms with Crippen molar-refractivity contribution in [3.8, 4) is 0 Å². The van der Waals surface area contributed by atoms with Crippen LogP contribution in [0.5, 0.6) is 0 Å². The molecule has 2 N–H and O–H groups in total. The van der Waals surface area contributed by atoms with Crippen LogP contribution in [0.4, 0.5) is 0 Å². The molecule has 0 amide bonds. The van der Waals surface area contributed by atoms with Crippen LogP contribution < -0.4 is 51.4 Å². The first-order valence-corrected chi connectivity index (χ1v) is 5.29. The maximum atomic E-state index is 9.43. The van der Waals surface area contributed by atoms with Gasteiger partial charge in [0.05, 0.1) is 0 Å². The Balaban J connectivity index is 0. The van der Waals surface area contributed by atoms with Crippen molar-refractivity contribution in [1.82, 2.24) is 0 Å². The first-order chi connectivity index (χ1) is 7.06. The minimum absolute atomic E-state index is 0. The Kier molecular flexibility index (Phi) is 14.2. The fraction of sp³-hybridized carbons (Fsp3) is 0.727. The minimum atomic E-state index is -1.31. The smallest absolute Gasteiger partial charge is 0.481 e. The number of carbonyl (C=O) groups is 2. The molecule has 0 aliphatic heterocycles. The van der Waals surface area contributed by atoms with Gasteiger partial charge in [0.25, 0.3) is 0 Å². The van der Waals surface area contributed by atoms with Gasteiger partial charge in [-0.1, -0.05) is 38.0 Å². The van der Waals surface area contributed by atoms with Crippen LogP contribution >= 0.6 is 0 Å². The summed E-state index contributed by atoms with van der Waals surface area (Å²) in [6.07, 6.45) is 7.64. The standard InChI is InChI=1S/C8H15.C3H4O4.K/c1-2-8-6-4-3-5-7-8;4-2(5)1-3(6)7;/h8H,1-7H2;1H2,(H,4,5)(H,6,7);/q-1;;+1. The molecule has 0 aromatic carbocycles. The van der Waals surface area contributed by atoms with Crippen molar-refractivity contribution in [3.63, 3.8) is 0 Å². The Labute approximate surface area is 139 Å². The fourth-order valence-electron chi connectivity index (χ4n) is 1.61. The molecule has 0 radical (unpaired) electrons. The number of carboxylic acid groups (broad SMARTS) is 2. The zero-order valence-electron chi connectivity index (χ0n) is 9.95. The van der Waals surface area contributed by atoms with Crippen LogP contribution in [0.2, 0.25) is 0 Å². The first-order valence-electron chi connectivity index (χ1n) is 5.29. The maximum Gasteiger partial charge on any atom is 1.00 e. The van der Waals surface area contributed by atoms with Crippen molar-refractivity contribution in [2.75, 3.05) is 0 Å². The molecule has 0 saturated heterocycles. The minimum Gasteiger partial charge on any atom is -0.481 e. The van der Waals surface area contributed by atoms with E-state index in [4.69, 9.17) is 10.2 Å². The molecule has 0 heterocycles. The molecule has 5 heteroatoms. The Morgan fingerprint density at radius 3 is 1.69 bits per heavy atom. The van der Waals surface area contributed by atoms with Crippen LogP contribution in [0.3, 0.4) is 0 Å². The number of aliphatic carboxylic acids is 2. The van der Waals surface area contributed by atoms with Crippen LogP contribution in [0.25, 0.3) is 0 Å². The van der Waals surface area contributed by atoms with Gasteiger partial charge in [-0.2, -0.15) is 6.42 Å². The largest absolute Gasteiger partial charge is 1.00 e. The Bertz CT molecular complexity index is 188. The quantitative estimate of drug-likeness (QED) is 0.398. The van der Waals surface area contributed by atoms with Crippen LogP contribution in [0.1, 0.15) is 44.9 Å². The van der Waals surface area contributed by atoms with Gasteiger partial charge in [0, 0.05) is 0 Å². The average Bonchev–Trinajstić information content (AvgIpc) is 2.18. The maximum absolute atomic E-state index is 9.43. The predicted octanol–water partition coefficient (Wildman–Crippen LogP) is -0.659. The van der Waals surface area contributed by atoms with E-state index >= 15 is 0 Å². The molecule has 1 rings (SSSR count).